The minimum atomic E-state index is 0.187. The highest BCUT2D eigenvalue weighted by Crippen LogP contribution is 2.33. The second kappa shape index (κ2) is 2.91. The van der Waals surface area contributed by atoms with Crippen LogP contribution in [0.4, 0.5) is 0 Å². The second-order valence-corrected chi connectivity index (χ2v) is 3.81. The molecule has 0 fully saturated rings. The van der Waals surface area contributed by atoms with E-state index >= 15 is 0 Å². The highest BCUT2D eigenvalue weighted by Gasteiger charge is 2.11. The van der Waals surface area contributed by atoms with Crippen LogP contribution in [0.2, 0.25) is 0 Å². The highest BCUT2D eigenvalue weighted by molar-refractivity contribution is 7.15. The summed E-state index contributed by atoms with van der Waals surface area (Å²) in [5, 5.41) is 11.5. The molecule has 1 atom stereocenters. The van der Waals surface area contributed by atoms with Crippen molar-refractivity contribution in [2.75, 3.05) is 0 Å². The Morgan fingerprint density at radius 1 is 1.33 bits per heavy atom. The summed E-state index contributed by atoms with van der Waals surface area (Å²) in [6, 6.07) is 3.79. The lowest BCUT2D eigenvalue weighted by molar-refractivity contribution is 0.479. The standard InChI is InChI=1S/C10H8N3OP/c14-8-5-11-4-7-9(8)6-2-1-3-12-10(6)13(7)15/h1-5,14H,15H2. The van der Waals surface area contributed by atoms with Gasteiger partial charge in [0, 0.05) is 11.6 Å². The monoisotopic (exact) mass is 217 g/mol. The SMILES string of the molecule is Oc1cncc2c1c1cccnc1n2P. The molecule has 0 bridgehead atoms. The smallest absolute Gasteiger partial charge is 0.144 e. The Morgan fingerprint density at radius 2 is 2.20 bits per heavy atom. The highest BCUT2D eigenvalue weighted by atomic mass is 31.0. The average molecular weight is 217 g/mol. The quantitative estimate of drug-likeness (QED) is 0.585. The van der Waals surface area contributed by atoms with E-state index in [1.807, 2.05) is 16.5 Å². The molecule has 0 aliphatic carbocycles. The molecule has 5 heteroatoms. The number of aromatic nitrogens is 3. The van der Waals surface area contributed by atoms with Gasteiger partial charge >= 0.3 is 0 Å². The van der Waals surface area contributed by atoms with E-state index in [4.69, 9.17) is 0 Å². The van der Waals surface area contributed by atoms with Gasteiger partial charge in [-0.15, -0.1) is 0 Å². The number of hydrogen-bond donors (Lipinski definition) is 1. The predicted molar refractivity (Wildman–Crippen MR) is 61.8 cm³/mol. The van der Waals surface area contributed by atoms with Crippen molar-refractivity contribution in [1.82, 2.24) is 14.3 Å². The van der Waals surface area contributed by atoms with Crippen molar-refractivity contribution < 1.29 is 5.11 Å². The Labute approximate surface area is 87.8 Å². The van der Waals surface area contributed by atoms with Crippen molar-refractivity contribution in [2.24, 2.45) is 0 Å². The first-order chi connectivity index (χ1) is 7.29. The molecule has 74 valence electrons. The maximum Gasteiger partial charge on any atom is 0.144 e. The van der Waals surface area contributed by atoms with Crippen molar-refractivity contribution in [3.63, 3.8) is 0 Å². The molecule has 3 aromatic heterocycles. The zero-order chi connectivity index (χ0) is 10.4. The summed E-state index contributed by atoms with van der Waals surface area (Å²) >= 11 is 0. The van der Waals surface area contributed by atoms with Gasteiger partial charge in [0.2, 0.25) is 0 Å². The summed E-state index contributed by atoms with van der Waals surface area (Å²) < 4.78 is 1.84. The Morgan fingerprint density at radius 3 is 3.07 bits per heavy atom. The van der Waals surface area contributed by atoms with Gasteiger partial charge in [0.05, 0.1) is 23.3 Å². The molecule has 3 aromatic rings. The molecule has 3 rings (SSSR count). The van der Waals surface area contributed by atoms with Gasteiger partial charge in [-0.25, -0.2) is 4.98 Å². The predicted octanol–water partition coefficient (Wildman–Crippen LogP) is 1.93. The van der Waals surface area contributed by atoms with Crippen molar-refractivity contribution in [3.05, 3.63) is 30.7 Å². The number of nitrogens with zero attached hydrogens (tertiary/aromatic N) is 3. The first kappa shape index (κ1) is 8.62. The molecule has 3 heterocycles. The Kier molecular flexibility index (Phi) is 1.67. The number of hydrogen-bond acceptors (Lipinski definition) is 3. The first-order valence-corrected chi connectivity index (χ1v) is 4.98. The lowest BCUT2D eigenvalue weighted by Crippen LogP contribution is -1.81. The van der Waals surface area contributed by atoms with Crippen molar-refractivity contribution in [3.8, 4) is 5.75 Å². The number of aromatic hydroxyl groups is 1. The number of rotatable bonds is 0. The second-order valence-electron chi connectivity index (χ2n) is 3.30. The van der Waals surface area contributed by atoms with Gasteiger partial charge in [0.1, 0.15) is 11.4 Å². The number of pyridine rings is 2. The van der Waals surface area contributed by atoms with Gasteiger partial charge < -0.3 is 9.44 Å². The average Bonchev–Trinajstić information content (AvgIpc) is 2.55. The molecule has 0 spiro atoms. The summed E-state index contributed by atoms with van der Waals surface area (Å²) in [5.74, 6) is 0.187. The molecule has 0 saturated carbocycles. The van der Waals surface area contributed by atoms with E-state index in [9.17, 15) is 5.11 Å². The van der Waals surface area contributed by atoms with E-state index in [0.717, 1.165) is 21.9 Å². The topological polar surface area (TPSA) is 50.9 Å². The third-order valence-electron chi connectivity index (χ3n) is 2.45. The summed E-state index contributed by atoms with van der Waals surface area (Å²) in [5.41, 5.74) is 1.68. The summed E-state index contributed by atoms with van der Waals surface area (Å²) in [6.07, 6.45) is 4.88. The minimum Gasteiger partial charge on any atom is -0.506 e. The van der Waals surface area contributed by atoms with Crippen LogP contribution in [-0.2, 0) is 0 Å². The van der Waals surface area contributed by atoms with Crippen LogP contribution in [0.3, 0.4) is 0 Å². The van der Waals surface area contributed by atoms with Crippen LogP contribution in [-0.4, -0.2) is 19.4 Å². The van der Waals surface area contributed by atoms with Gasteiger partial charge in [-0.1, -0.05) is 0 Å². The van der Waals surface area contributed by atoms with E-state index in [2.05, 4.69) is 19.4 Å². The maximum atomic E-state index is 9.77. The lowest BCUT2D eigenvalue weighted by Gasteiger charge is -1.95. The largest absolute Gasteiger partial charge is 0.506 e. The van der Waals surface area contributed by atoms with Crippen molar-refractivity contribution in [2.45, 2.75) is 0 Å². The van der Waals surface area contributed by atoms with Gasteiger partial charge in [-0.3, -0.25) is 4.98 Å². The van der Waals surface area contributed by atoms with E-state index in [-0.39, 0.29) is 5.75 Å². The van der Waals surface area contributed by atoms with Gasteiger partial charge in [-0.05, 0) is 21.5 Å². The molecule has 1 unspecified atom stereocenters. The molecule has 0 saturated heterocycles. The van der Waals surface area contributed by atoms with E-state index in [0.29, 0.717) is 0 Å². The first-order valence-electron chi connectivity index (χ1n) is 4.46. The molecule has 4 nitrogen and oxygen atoms in total. The third-order valence-corrected chi connectivity index (χ3v) is 2.97. The Hall–Kier alpha value is -1.67. The molecule has 0 aromatic carbocycles. The summed E-state index contributed by atoms with van der Waals surface area (Å²) in [7, 11) is 2.57. The normalized spacial score (nSPS) is 11.3. The summed E-state index contributed by atoms with van der Waals surface area (Å²) in [4.78, 5) is 8.22. The molecule has 0 aliphatic heterocycles. The van der Waals surface area contributed by atoms with Gasteiger partial charge in [0.15, 0.2) is 0 Å². The fourth-order valence-corrected chi connectivity index (χ4v) is 2.20. The Bertz CT molecular complexity index is 662. The van der Waals surface area contributed by atoms with E-state index in [1.165, 1.54) is 6.20 Å². The lowest BCUT2D eigenvalue weighted by atomic mass is 10.2. The van der Waals surface area contributed by atoms with Crippen LogP contribution >= 0.6 is 9.39 Å². The Balaban J connectivity index is 2.70. The van der Waals surface area contributed by atoms with Crippen LogP contribution in [0.5, 0.6) is 5.75 Å². The van der Waals surface area contributed by atoms with E-state index < -0.39 is 0 Å². The van der Waals surface area contributed by atoms with Crippen molar-refractivity contribution >= 4 is 31.3 Å². The minimum absolute atomic E-state index is 0.187. The molecule has 15 heavy (non-hydrogen) atoms. The van der Waals surface area contributed by atoms with Crippen LogP contribution in [0, 0.1) is 0 Å². The molecule has 1 N–H and O–H groups in total. The molecular weight excluding hydrogens is 209 g/mol. The summed E-state index contributed by atoms with van der Waals surface area (Å²) in [6.45, 7) is 0. The molecular formula is C10H8N3OP. The maximum absolute atomic E-state index is 9.77. The van der Waals surface area contributed by atoms with Crippen LogP contribution in [0.25, 0.3) is 21.9 Å². The van der Waals surface area contributed by atoms with Crippen molar-refractivity contribution in [1.29, 1.82) is 0 Å². The van der Waals surface area contributed by atoms with Crippen LogP contribution < -0.4 is 0 Å². The molecule has 0 aliphatic rings. The van der Waals surface area contributed by atoms with E-state index in [1.54, 1.807) is 12.4 Å². The fraction of sp³-hybridized carbons (Fsp3) is 0. The zero-order valence-electron chi connectivity index (χ0n) is 7.75. The third kappa shape index (κ3) is 1.05. The van der Waals surface area contributed by atoms with Gasteiger partial charge in [-0.2, -0.15) is 0 Å². The van der Waals surface area contributed by atoms with Crippen LogP contribution in [0.15, 0.2) is 30.7 Å². The molecule has 0 radical (unpaired) electrons. The fourth-order valence-electron chi connectivity index (χ4n) is 1.80. The zero-order valence-corrected chi connectivity index (χ0v) is 8.91. The number of fused-ring (bicyclic) bond motifs is 3. The van der Waals surface area contributed by atoms with Crippen LogP contribution in [0.1, 0.15) is 0 Å². The molecule has 0 amide bonds. The van der Waals surface area contributed by atoms with Gasteiger partial charge in [0.25, 0.3) is 0 Å².